The van der Waals surface area contributed by atoms with Crippen molar-refractivity contribution in [2.45, 2.75) is 18.9 Å². The molecule has 0 saturated carbocycles. The Morgan fingerprint density at radius 3 is 2.56 bits per heavy atom. The van der Waals surface area contributed by atoms with Gasteiger partial charge >= 0.3 is 0 Å². The molecule has 0 aliphatic carbocycles. The number of anilines is 1. The van der Waals surface area contributed by atoms with Gasteiger partial charge in [0.15, 0.2) is 5.82 Å². The monoisotopic (exact) mass is 533 g/mol. The molecule has 5 rings (SSSR count). The van der Waals surface area contributed by atoms with Crippen molar-refractivity contribution in [3.05, 3.63) is 72.0 Å². The molecule has 3 heterocycles. The van der Waals surface area contributed by atoms with Gasteiger partial charge in [0.1, 0.15) is 18.1 Å². The first-order chi connectivity index (χ1) is 19.0. The average molecular weight is 534 g/mol. The number of piperazine rings is 1. The number of hydrogen-bond acceptors (Lipinski definition) is 7. The second-order valence-electron chi connectivity index (χ2n) is 9.71. The summed E-state index contributed by atoms with van der Waals surface area (Å²) in [6.07, 6.45) is 1.63. The standard InChI is InChI=1S/C29H32FN5O4/c1-38-24-8-3-5-21(18-24)26-10-11-27(32-31-26)33-12-14-34(15-13-33)28(36)20-35(19-25-9-4-16-39-25)29(37)22-6-2-7-23(30)17-22/h2-3,5-8,10-11,17-18,25H,4,9,12-16,19-20H2,1H3. The average Bonchev–Trinajstić information content (AvgIpc) is 3.50. The molecule has 0 bridgehead atoms. The molecule has 2 aromatic carbocycles. The number of hydrogen-bond donors (Lipinski definition) is 0. The first kappa shape index (κ1) is 26.6. The third-order valence-corrected chi connectivity index (χ3v) is 7.11. The first-order valence-corrected chi connectivity index (χ1v) is 13.2. The number of halogens is 1. The number of benzene rings is 2. The molecular formula is C29H32FN5O4. The highest BCUT2D eigenvalue weighted by molar-refractivity contribution is 5.96. The molecule has 2 aliphatic heterocycles. The summed E-state index contributed by atoms with van der Waals surface area (Å²) in [4.78, 5) is 31.8. The van der Waals surface area contributed by atoms with Gasteiger partial charge in [-0.1, -0.05) is 18.2 Å². The van der Waals surface area contributed by atoms with Crippen molar-refractivity contribution < 1.29 is 23.5 Å². The minimum Gasteiger partial charge on any atom is -0.497 e. The zero-order chi connectivity index (χ0) is 27.2. The van der Waals surface area contributed by atoms with Crippen LogP contribution < -0.4 is 9.64 Å². The van der Waals surface area contributed by atoms with Crippen molar-refractivity contribution >= 4 is 17.6 Å². The smallest absolute Gasteiger partial charge is 0.254 e. The van der Waals surface area contributed by atoms with E-state index in [1.807, 2.05) is 36.4 Å². The Morgan fingerprint density at radius 2 is 1.87 bits per heavy atom. The van der Waals surface area contributed by atoms with Crippen molar-refractivity contribution in [1.82, 2.24) is 20.0 Å². The third-order valence-electron chi connectivity index (χ3n) is 7.11. The van der Waals surface area contributed by atoms with Gasteiger partial charge in [-0.15, -0.1) is 10.2 Å². The molecule has 10 heteroatoms. The van der Waals surface area contributed by atoms with Gasteiger partial charge < -0.3 is 24.2 Å². The summed E-state index contributed by atoms with van der Waals surface area (Å²) >= 11 is 0. The van der Waals surface area contributed by atoms with E-state index in [0.717, 1.165) is 35.7 Å². The summed E-state index contributed by atoms with van der Waals surface area (Å²) in [7, 11) is 1.63. The van der Waals surface area contributed by atoms with E-state index in [2.05, 4.69) is 15.1 Å². The molecule has 2 aliphatic rings. The first-order valence-electron chi connectivity index (χ1n) is 13.2. The zero-order valence-electron chi connectivity index (χ0n) is 22.0. The highest BCUT2D eigenvalue weighted by Crippen LogP contribution is 2.23. The lowest BCUT2D eigenvalue weighted by atomic mass is 10.1. The Bertz CT molecular complexity index is 1290. The van der Waals surface area contributed by atoms with Crippen LogP contribution in [-0.4, -0.2) is 90.9 Å². The number of rotatable bonds is 8. The van der Waals surface area contributed by atoms with Crippen LogP contribution in [0.3, 0.4) is 0 Å². The van der Waals surface area contributed by atoms with Crippen LogP contribution in [0, 0.1) is 5.82 Å². The van der Waals surface area contributed by atoms with Crippen LogP contribution in [-0.2, 0) is 9.53 Å². The summed E-state index contributed by atoms with van der Waals surface area (Å²) in [6, 6.07) is 17.1. The molecule has 2 saturated heterocycles. The van der Waals surface area contributed by atoms with Crippen LogP contribution in [0.1, 0.15) is 23.2 Å². The number of carbonyl (C=O) groups excluding carboxylic acids is 2. The molecule has 3 aromatic rings. The fourth-order valence-electron chi connectivity index (χ4n) is 4.94. The van der Waals surface area contributed by atoms with Gasteiger partial charge in [0.05, 0.1) is 18.9 Å². The molecule has 2 fully saturated rings. The predicted octanol–water partition coefficient (Wildman–Crippen LogP) is 3.26. The number of aromatic nitrogens is 2. The number of amides is 2. The molecule has 1 unspecified atom stereocenters. The molecule has 0 radical (unpaired) electrons. The van der Waals surface area contributed by atoms with E-state index >= 15 is 0 Å². The van der Waals surface area contributed by atoms with E-state index in [1.165, 1.54) is 23.1 Å². The zero-order valence-corrected chi connectivity index (χ0v) is 22.0. The van der Waals surface area contributed by atoms with E-state index in [-0.39, 0.29) is 30.0 Å². The Balaban J connectivity index is 1.19. The minimum atomic E-state index is -0.486. The van der Waals surface area contributed by atoms with Crippen molar-refractivity contribution in [3.63, 3.8) is 0 Å². The lowest BCUT2D eigenvalue weighted by Gasteiger charge is -2.36. The summed E-state index contributed by atoms with van der Waals surface area (Å²) in [5.74, 6) is 0.501. The normalized spacial score (nSPS) is 17.2. The van der Waals surface area contributed by atoms with Crippen LogP contribution in [0.4, 0.5) is 10.2 Å². The number of carbonyl (C=O) groups is 2. The molecule has 9 nitrogen and oxygen atoms in total. The summed E-state index contributed by atoms with van der Waals surface area (Å²) < 4.78 is 24.8. The van der Waals surface area contributed by atoms with Crippen molar-refractivity contribution in [2.75, 3.05) is 57.9 Å². The quantitative estimate of drug-likeness (QED) is 0.439. The van der Waals surface area contributed by atoms with E-state index in [1.54, 1.807) is 18.1 Å². The number of ether oxygens (including phenoxy) is 2. The lowest BCUT2D eigenvalue weighted by molar-refractivity contribution is -0.132. The van der Waals surface area contributed by atoms with Crippen molar-refractivity contribution in [3.8, 4) is 17.0 Å². The topological polar surface area (TPSA) is 88.1 Å². The van der Waals surface area contributed by atoms with E-state index < -0.39 is 5.82 Å². The lowest BCUT2D eigenvalue weighted by Crippen LogP contribution is -2.52. The van der Waals surface area contributed by atoms with Crippen LogP contribution >= 0.6 is 0 Å². The molecule has 2 amide bonds. The minimum absolute atomic E-state index is 0.0791. The highest BCUT2D eigenvalue weighted by atomic mass is 19.1. The second-order valence-corrected chi connectivity index (χ2v) is 9.71. The maximum atomic E-state index is 13.8. The fraction of sp³-hybridized carbons (Fsp3) is 0.379. The summed E-state index contributed by atoms with van der Waals surface area (Å²) in [5.41, 5.74) is 1.89. The highest BCUT2D eigenvalue weighted by Gasteiger charge is 2.29. The Labute approximate surface area is 227 Å². The predicted molar refractivity (Wildman–Crippen MR) is 144 cm³/mol. The van der Waals surface area contributed by atoms with Gasteiger partial charge in [0.2, 0.25) is 5.91 Å². The SMILES string of the molecule is COc1cccc(-c2ccc(N3CCN(C(=O)CN(CC4CCCO4)C(=O)c4cccc(F)c4)CC3)nn2)c1. The summed E-state index contributed by atoms with van der Waals surface area (Å²) in [6.45, 7) is 3.07. The molecule has 0 spiro atoms. The molecule has 0 N–H and O–H groups in total. The second kappa shape index (κ2) is 12.2. The van der Waals surface area contributed by atoms with E-state index in [0.29, 0.717) is 39.3 Å². The largest absolute Gasteiger partial charge is 0.497 e. The molecule has 1 aromatic heterocycles. The van der Waals surface area contributed by atoms with Gasteiger partial charge in [-0.2, -0.15) is 0 Å². The van der Waals surface area contributed by atoms with Gasteiger partial charge in [-0.25, -0.2) is 4.39 Å². The Hall–Kier alpha value is -4.05. The summed E-state index contributed by atoms with van der Waals surface area (Å²) in [5, 5.41) is 8.79. The van der Waals surface area contributed by atoms with Crippen LogP contribution in [0.25, 0.3) is 11.3 Å². The van der Waals surface area contributed by atoms with E-state index in [4.69, 9.17) is 9.47 Å². The molecular weight excluding hydrogens is 501 g/mol. The maximum absolute atomic E-state index is 13.8. The number of nitrogens with zero attached hydrogens (tertiary/aromatic N) is 5. The van der Waals surface area contributed by atoms with Crippen molar-refractivity contribution in [1.29, 1.82) is 0 Å². The Kier molecular flexibility index (Phi) is 8.31. The maximum Gasteiger partial charge on any atom is 0.254 e. The van der Waals surface area contributed by atoms with Crippen LogP contribution in [0.2, 0.25) is 0 Å². The van der Waals surface area contributed by atoms with Gasteiger partial charge in [0, 0.05) is 50.5 Å². The fourth-order valence-corrected chi connectivity index (χ4v) is 4.94. The number of methoxy groups -OCH3 is 1. The Morgan fingerprint density at radius 1 is 1.05 bits per heavy atom. The molecule has 39 heavy (non-hydrogen) atoms. The van der Waals surface area contributed by atoms with Crippen LogP contribution in [0.5, 0.6) is 5.75 Å². The van der Waals surface area contributed by atoms with Gasteiger partial charge in [0.25, 0.3) is 5.91 Å². The van der Waals surface area contributed by atoms with Gasteiger partial charge in [-0.05, 0) is 55.3 Å². The van der Waals surface area contributed by atoms with E-state index in [9.17, 15) is 14.0 Å². The van der Waals surface area contributed by atoms with Crippen LogP contribution in [0.15, 0.2) is 60.7 Å². The molecule has 1 atom stereocenters. The van der Waals surface area contributed by atoms with Crippen molar-refractivity contribution in [2.24, 2.45) is 0 Å². The third kappa shape index (κ3) is 6.51. The molecule has 204 valence electrons. The van der Waals surface area contributed by atoms with Gasteiger partial charge in [-0.3, -0.25) is 9.59 Å².